The number of rotatable bonds is 7. The number of halogens is 1. The molecule has 3 rings (SSSR count). The van der Waals surface area contributed by atoms with Gasteiger partial charge in [0, 0.05) is 22.4 Å². The molecule has 7 heteroatoms. The number of ketones is 1. The fourth-order valence-electron chi connectivity index (χ4n) is 3.45. The van der Waals surface area contributed by atoms with Gasteiger partial charge in [0.15, 0.2) is 12.4 Å². The van der Waals surface area contributed by atoms with Gasteiger partial charge >= 0.3 is 5.97 Å². The zero-order chi connectivity index (χ0) is 21.0. The van der Waals surface area contributed by atoms with Crippen LogP contribution in [0.5, 0.6) is 0 Å². The van der Waals surface area contributed by atoms with Crippen molar-refractivity contribution in [2.75, 3.05) is 18.2 Å². The van der Waals surface area contributed by atoms with Gasteiger partial charge in [0.1, 0.15) is 0 Å². The molecule has 152 valence electrons. The molecule has 1 saturated carbocycles. The smallest absolute Gasteiger partial charge is 0.317 e. The lowest BCUT2D eigenvalue weighted by Crippen LogP contribution is -2.44. The number of Topliss-reactive ketones (excluding diaryl/α,β-unsaturated/α-hetero) is 1. The summed E-state index contributed by atoms with van der Waals surface area (Å²) in [7, 11) is 0. The van der Waals surface area contributed by atoms with E-state index in [9.17, 15) is 14.4 Å². The molecular formula is C22H22ClNO4S. The van der Waals surface area contributed by atoms with Gasteiger partial charge in [-0.05, 0) is 48.9 Å². The van der Waals surface area contributed by atoms with Crippen LogP contribution in [0.4, 0.5) is 5.69 Å². The van der Waals surface area contributed by atoms with Crippen molar-refractivity contribution >= 4 is 46.7 Å². The topological polar surface area (TPSA) is 72.5 Å². The summed E-state index contributed by atoms with van der Waals surface area (Å²) in [4.78, 5) is 37.7. The van der Waals surface area contributed by atoms with Gasteiger partial charge in [-0.15, -0.1) is 11.8 Å². The Morgan fingerprint density at radius 1 is 1.17 bits per heavy atom. The summed E-state index contributed by atoms with van der Waals surface area (Å²) in [6.45, 7) is 1.06. The molecule has 0 saturated heterocycles. The van der Waals surface area contributed by atoms with Gasteiger partial charge in [-0.25, -0.2) is 0 Å². The van der Waals surface area contributed by atoms with Crippen LogP contribution in [0, 0.1) is 0 Å². The highest BCUT2D eigenvalue weighted by Gasteiger charge is 2.47. The number of amides is 1. The van der Waals surface area contributed by atoms with Crippen molar-refractivity contribution in [3.05, 3.63) is 58.6 Å². The number of benzene rings is 2. The molecule has 1 aliphatic carbocycles. The molecule has 0 aliphatic heterocycles. The fraction of sp³-hybridized carbons (Fsp3) is 0.318. The van der Waals surface area contributed by atoms with Crippen molar-refractivity contribution in [1.82, 2.24) is 0 Å². The van der Waals surface area contributed by atoms with E-state index in [4.69, 9.17) is 16.3 Å². The van der Waals surface area contributed by atoms with Gasteiger partial charge in [0.25, 0.3) is 0 Å². The van der Waals surface area contributed by atoms with Crippen molar-refractivity contribution in [1.29, 1.82) is 0 Å². The van der Waals surface area contributed by atoms with Crippen LogP contribution in [0.3, 0.4) is 0 Å². The van der Waals surface area contributed by atoms with Crippen LogP contribution in [-0.4, -0.2) is 30.5 Å². The molecule has 0 heterocycles. The lowest BCUT2D eigenvalue weighted by Gasteiger charge is -2.39. The molecule has 0 atom stereocenters. The maximum absolute atomic E-state index is 12.8. The third kappa shape index (κ3) is 4.65. The summed E-state index contributed by atoms with van der Waals surface area (Å²) in [5, 5.41) is 3.29. The molecule has 0 radical (unpaired) electrons. The Bertz CT molecular complexity index is 956. The molecule has 0 aromatic heterocycles. The second-order valence-electron chi connectivity index (χ2n) is 7.04. The number of ether oxygens (including phenoxy) is 1. The van der Waals surface area contributed by atoms with Gasteiger partial charge in [-0.2, -0.15) is 0 Å². The number of carbonyl (C=O) groups excluding carboxylic acids is 3. The number of esters is 1. The van der Waals surface area contributed by atoms with Crippen molar-refractivity contribution < 1.29 is 19.1 Å². The summed E-state index contributed by atoms with van der Waals surface area (Å²) in [6, 6.07) is 12.3. The molecule has 1 N–H and O–H groups in total. The Morgan fingerprint density at radius 3 is 2.52 bits per heavy atom. The fourth-order valence-corrected chi connectivity index (χ4v) is 4.17. The number of thioether (sulfide) groups is 1. The average Bonchev–Trinajstić information content (AvgIpc) is 2.65. The van der Waals surface area contributed by atoms with Gasteiger partial charge in [0.2, 0.25) is 5.91 Å². The molecule has 0 unspecified atom stereocenters. The Balaban J connectivity index is 1.71. The van der Waals surface area contributed by atoms with Crippen molar-refractivity contribution in [3.8, 4) is 0 Å². The first-order chi connectivity index (χ1) is 13.9. The first-order valence-electron chi connectivity index (χ1n) is 9.28. The minimum Gasteiger partial charge on any atom is -0.457 e. The first-order valence-corrected chi connectivity index (χ1v) is 10.9. The highest BCUT2D eigenvalue weighted by molar-refractivity contribution is 7.98. The van der Waals surface area contributed by atoms with E-state index in [0.717, 1.165) is 16.9 Å². The maximum atomic E-state index is 12.8. The van der Waals surface area contributed by atoms with Gasteiger partial charge in [-0.1, -0.05) is 36.2 Å². The molecule has 1 amide bonds. The third-order valence-electron chi connectivity index (χ3n) is 5.14. The van der Waals surface area contributed by atoms with E-state index in [-0.39, 0.29) is 18.3 Å². The lowest BCUT2D eigenvalue weighted by atomic mass is 9.64. The van der Waals surface area contributed by atoms with Crippen LogP contribution in [0.2, 0.25) is 5.02 Å². The number of hydrogen-bond acceptors (Lipinski definition) is 5. The largest absolute Gasteiger partial charge is 0.457 e. The normalized spacial score (nSPS) is 14.6. The zero-order valence-electron chi connectivity index (χ0n) is 16.3. The monoisotopic (exact) mass is 431 g/mol. The maximum Gasteiger partial charge on any atom is 0.317 e. The molecule has 5 nitrogen and oxygen atoms in total. The van der Waals surface area contributed by atoms with Crippen LogP contribution in [0.15, 0.2) is 47.4 Å². The second-order valence-corrected chi connectivity index (χ2v) is 8.33. The number of hydrogen-bond donors (Lipinski definition) is 1. The SMILES string of the molecule is CSc1ccc(C(=O)COC(=O)C2(c3cccc(Cl)c3)CCC2)cc1NC(C)=O. The second kappa shape index (κ2) is 9.01. The molecule has 1 fully saturated rings. The van der Waals surface area contributed by atoms with Crippen LogP contribution < -0.4 is 5.32 Å². The van der Waals surface area contributed by atoms with E-state index in [1.54, 1.807) is 30.3 Å². The first kappa shape index (κ1) is 21.4. The van der Waals surface area contributed by atoms with Gasteiger partial charge < -0.3 is 10.1 Å². The number of anilines is 1. The average molecular weight is 432 g/mol. The van der Waals surface area contributed by atoms with Crippen molar-refractivity contribution in [2.24, 2.45) is 0 Å². The van der Waals surface area contributed by atoms with E-state index in [1.807, 2.05) is 18.4 Å². The van der Waals surface area contributed by atoms with E-state index in [1.165, 1.54) is 18.7 Å². The molecule has 2 aromatic rings. The Hall–Kier alpha value is -2.31. The van der Waals surface area contributed by atoms with E-state index >= 15 is 0 Å². The summed E-state index contributed by atoms with van der Waals surface area (Å²) in [5.41, 5.74) is 1.04. The van der Waals surface area contributed by atoms with Crippen LogP contribution in [0.25, 0.3) is 0 Å². The number of carbonyl (C=O) groups is 3. The molecule has 0 spiro atoms. The molecule has 1 aliphatic rings. The molecule has 29 heavy (non-hydrogen) atoms. The highest BCUT2D eigenvalue weighted by atomic mass is 35.5. The highest BCUT2D eigenvalue weighted by Crippen LogP contribution is 2.45. The summed E-state index contributed by atoms with van der Waals surface area (Å²) in [5.74, 6) is -0.940. The molecular weight excluding hydrogens is 410 g/mol. The van der Waals surface area contributed by atoms with Gasteiger partial charge in [-0.3, -0.25) is 14.4 Å². The van der Waals surface area contributed by atoms with E-state index < -0.39 is 11.4 Å². The Kier molecular flexibility index (Phi) is 6.65. The summed E-state index contributed by atoms with van der Waals surface area (Å²) in [6.07, 6.45) is 4.16. The van der Waals surface area contributed by atoms with E-state index in [2.05, 4.69) is 5.32 Å². The quantitative estimate of drug-likeness (QED) is 0.384. The summed E-state index contributed by atoms with van der Waals surface area (Å²) >= 11 is 7.55. The zero-order valence-corrected chi connectivity index (χ0v) is 17.9. The predicted octanol–water partition coefficient (Wildman–Crippen LogP) is 4.87. The minimum absolute atomic E-state index is 0.218. The molecule has 0 bridgehead atoms. The van der Waals surface area contributed by atoms with Crippen LogP contribution >= 0.6 is 23.4 Å². The molecule has 2 aromatic carbocycles. The third-order valence-corrected chi connectivity index (χ3v) is 6.17. The standard InChI is InChI=1S/C22H22ClNO4S/c1-14(25)24-18-11-15(7-8-20(18)29-2)19(26)13-28-21(27)22(9-4-10-22)16-5-3-6-17(23)12-16/h3,5-8,11-12H,4,9-10,13H2,1-2H3,(H,24,25). The van der Waals surface area contributed by atoms with Crippen LogP contribution in [0.1, 0.15) is 42.1 Å². The van der Waals surface area contributed by atoms with Crippen molar-refractivity contribution in [3.63, 3.8) is 0 Å². The number of nitrogens with one attached hydrogen (secondary N) is 1. The Morgan fingerprint density at radius 2 is 1.93 bits per heavy atom. The van der Waals surface area contributed by atoms with Gasteiger partial charge in [0.05, 0.1) is 11.1 Å². The summed E-state index contributed by atoms with van der Waals surface area (Å²) < 4.78 is 5.41. The lowest BCUT2D eigenvalue weighted by molar-refractivity contribution is -0.153. The Labute approximate surface area is 179 Å². The predicted molar refractivity (Wildman–Crippen MR) is 115 cm³/mol. The minimum atomic E-state index is -0.727. The van der Waals surface area contributed by atoms with Crippen LogP contribution in [-0.2, 0) is 19.7 Å². The van der Waals surface area contributed by atoms with E-state index in [0.29, 0.717) is 29.1 Å². The van der Waals surface area contributed by atoms with Crippen molar-refractivity contribution in [2.45, 2.75) is 36.5 Å².